The van der Waals surface area contributed by atoms with Crippen molar-refractivity contribution in [2.75, 3.05) is 14.2 Å². The second-order valence-electron chi connectivity index (χ2n) is 6.27. The van der Waals surface area contributed by atoms with E-state index < -0.39 is 41.5 Å². The lowest BCUT2D eigenvalue weighted by Gasteiger charge is -2.40. The molecule has 9 heteroatoms. The van der Waals surface area contributed by atoms with Gasteiger partial charge in [-0.25, -0.2) is 4.21 Å². The number of rotatable bonds is 5. The van der Waals surface area contributed by atoms with Crippen molar-refractivity contribution in [2.45, 2.75) is 40.5 Å². The molecule has 0 saturated carbocycles. The quantitative estimate of drug-likeness (QED) is 0.664. The van der Waals surface area contributed by atoms with Crippen LogP contribution < -0.4 is 4.74 Å². The first-order chi connectivity index (χ1) is 13.4. The Hall–Kier alpha value is -1.52. The van der Waals surface area contributed by atoms with Gasteiger partial charge < -0.3 is 29.5 Å². The number of benzene rings is 2. The Labute approximate surface area is 169 Å². The molecule has 0 aromatic heterocycles. The van der Waals surface area contributed by atoms with Crippen LogP contribution in [0, 0.1) is 0 Å². The standard InChI is InChI=1S/C19H21ClO7S/c1-25-11-4-6-12(7-5-11)28(24)14-9-10(3-8-13(14)20)18-16(22)15(21)17(23)19(26-2)27-18/h3-9,15-19,21-23H,1-2H3/t15-,16-,17+,18+,19?,28?/m1/s1. The first kappa shape index (κ1) is 21.2. The van der Waals surface area contributed by atoms with Crippen molar-refractivity contribution in [1.29, 1.82) is 0 Å². The summed E-state index contributed by atoms with van der Waals surface area (Å²) in [5.74, 6) is 0.637. The van der Waals surface area contributed by atoms with Crippen molar-refractivity contribution in [2.24, 2.45) is 0 Å². The van der Waals surface area contributed by atoms with Gasteiger partial charge >= 0.3 is 0 Å². The topological polar surface area (TPSA) is 105 Å². The Morgan fingerprint density at radius 3 is 2.29 bits per heavy atom. The summed E-state index contributed by atoms with van der Waals surface area (Å²) in [6.45, 7) is 0. The number of aliphatic hydroxyl groups excluding tert-OH is 3. The van der Waals surface area contributed by atoms with E-state index in [2.05, 4.69) is 0 Å². The maximum Gasteiger partial charge on any atom is 0.186 e. The van der Waals surface area contributed by atoms with Crippen molar-refractivity contribution in [3.63, 3.8) is 0 Å². The van der Waals surface area contributed by atoms with Crippen LogP contribution in [0.25, 0.3) is 0 Å². The van der Waals surface area contributed by atoms with Gasteiger partial charge in [0.1, 0.15) is 30.2 Å². The van der Waals surface area contributed by atoms with E-state index in [-0.39, 0.29) is 5.02 Å². The van der Waals surface area contributed by atoms with E-state index in [4.69, 9.17) is 25.8 Å². The first-order valence-corrected chi connectivity index (χ1v) is 9.98. The van der Waals surface area contributed by atoms with Crippen LogP contribution in [-0.4, -0.2) is 58.4 Å². The summed E-state index contributed by atoms with van der Waals surface area (Å²) >= 11 is 6.25. The molecule has 0 radical (unpaired) electrons. The van der Waals surface area contributed by atoms with Gasteiger partial charge in [-0.1, -0.05) is 17.7 Å². The SMILES string of the molecule is COc1ccc(S(=O)c2cc([C@@H]3OC(OC)[C@@H](O)[C@H](O)[C@H]3O)ccc2Cl)cc1. The lowest BCUT2D eigenvalue weighted by atomic mass is 9.94. The van der Waals surface area contributed by atoms with Crippen LogP contribution >= 0.6 is 11.6 Å². The van der Waals surface area contributed by atoms with Crippen LogP contribution in [0.2, 0.25) is 5.02 Å². The lowest BCUT2D eigenvalue weighted by molar-refractivity contribution is -0.292. The molecule has 0 amide bonds. The van der Waals surface area contributed by atoms with Gasteiger partial charge in [0, 0.05) is 12.0 Å². The molecule has 3 rings (SSSR count). The highest BCUT2D eigenvalue weighted by atomic mass is 35.5. The summed E-state index contributed by atoms with van der Waals surface area (Å²) in [6, 6.07) is 11.4. The number of methoxy groups -OCH3 is 2. The minimum atomic E-state index is -1.59. The molecule has 0 spiro atoms. The van der Waals surface area contributed by atoms with Crippen molar-refractivity contribution in [3.8, 4) is 5.75 Å². The zero-order valence-electron chi connectivity index (χ0n) is 15.2. The van der Waals surface area contributed by atoms with Crippen LogP contribution in [0.4, 0.5) is 0 Å². The first-order valence-electron chi connectivity index (χ1n) is 8.45. The summed E-state index contributed by atoms with van der Waals surface area (Å²) < 4.78 is 28.7. The average molecular weight is 429 g/mol. The molecule has 3 N–H and O–H groups in total. The highest BCUT2D eigenvalue weighted by molar-refractivity contribution is 7.85. The molecule has 1 fully saturated rings. The van der Waals surface area contributed by atoms with Crippen molar-refractivity contribution < 1.29 is 33.7 Å². The Kier molecular flexibility index (Phi) is 6.72. The normalized spacial score (nSPS) is 28.7. The van der Waals surface area contributed by atoms with E-state index in [0.29, 0.717) is 21.1 Å². The van der Waals surface area contributed by atoms with Crippen LogP contribution in [0.1, 0.15) is 11.7 Å². The van der Waals surface area contributed by atoms with Crippen molar-refractivity contribution in [3.05, 3.63) is 53.1 Å². The predicted octanol–water partition coefficient (Wildman–Crippen LogP) is 1.64. The fourth-order valence-corrected chi connectivity index (χ4v) is 4.44. The Bertz CT molecular complexity index is 843. The molecule has 2 aromatic rings. The van der Waals surface area contributed by atoms with E-state index in [1.807, 2.05) is 0 Å². The number of ether oxygens (including phenoxy) is 3. The summed E-state index contributed by atoms with van der Waals surface area (Å²) in [5.41, 5.74) is 0.446. The van der Waals surface area contributed by atoms with Crippen LogP contribution in [-0.2, 0) is 20.3 Å². The zero-order chi connectivity index (χ0) is 20.4. The average Bonchev–Trinajstić information content (AvgIpc) is 2.72. The molecule has 7 nitrogen and oxygen atoms in total. The maximum atomic E-state index is 13.0. The number of hydrogen-bond acceptors (Lipinski definition) is 7. The second-order valence-corrected chi connectivity index (χ2v) is 8.12. The molecule has 6 atom stereocenters. The fourth-order valence-electron chi connectivity index (χ4n) is 2.98. The summed E-state index contributed by atoms with van der Waals surface area (Å²) in [5, 5.41) is 30.6. The molecular formula is C19H21ClO7S. The fraction of sp³-hybridized carbons (Fsp3) is 0.368. The summed E-state index contributed by atoms with van der Waals surface area (Å²) in [4.78, 5) is 0.852. The van der Waals surface area contributed by atoms with Gasteiger partial charge in [0.2, 0.25) is 0 Å². The van der Waals surface area contributed by atoms with Crippen LogP contribution in [0.5, 0.6) is 5.75 Å². The van der Waals surface area contributed by atoms with Gasteiger partial charge in [-0.15, -0.1) is 0 Å². The monoisotopic (exact) mass is 428 g/mol. The number of halogens is 1. The molecule has 28 heavy (non-hydrogen) atoms. The van der Waals surface area contributed by atoms with Crippen LogP contribution in [0.15, 0.2) is 52.3 Å². The molecule has 152 valence electrons. The third-order valence-corrected chi connectivity index (χ3v) is 6.44. The second kappa shape index (κ2) is 8.87. The Balaban J connectivity index is 1.93. The largest absolute Gasteiger partial charge is 0.497 e. The zero-order valence-corrected chi connectivity index (χ0v) is 16.8. The number of aliphatic hydroxyl groups is 3. The van der Waals surface area contributed by atoms with E-state index in [0.717, 1.165) is 0 Å². The lowest BCUT2D eigenvalue weighted by Crippen LogP contribution is -2.54. The molecule has 0 bridgehead atoms. The molecule has 1 heterocycles. The third-order valence-electron chi connectivity index (χ3n) is 4.56. The van der Waals surface area contributed by atoms with E-state index in [1.54, 1.807) is 49.6 Å². The van der Waals surface area contributed by atoms with E-state index in [9.17, 15) is 19.5 Å². The minimum absolute atomic E-state index is 0.284. The van der Waals surface area contributed by atoms with E-state index in [1.165, 1.54) is 7.11 Å². The molecule has 1 aliphatic rings. The maximum absolute atomic E-state index is 13.0. The molecule has 1 aliphatic heterocycles. The van der Waals surface area contributed by atoms with Gasteiger partial charge in [-0.3, -0.25) is 0 Å². The van der Waals surface area contributed by atoms with Gasteiger partial charge in [-0.05, 0) is 42.0 Å². The van der Waals surface area contributed by atoms with Crippen LogP contribution in [0.3, 0.4) is 0 Å². The highest BCUT2D eigenvalue weighted by Crippen LogP contribution is 2.35. The minimum Gasteiger partial charge on any atom is -0.497 e. The molecular weight excluding hydrogens is 408 g/mol. The highest BCUT2D eigenvalue weighted by Gasteiger charge is 2.44. The van der Waals surface area contributed by atoms with Crippen molar-refractivity contribution >= 4 is 22.4 Å². The molecule has 2 unspecified atom stereocenters. The van der Waals surface area contributed by atoms with Crippen molar-refractivity contribution in [1.82, 2.24) is 0 Å². The molecule has 2 aromatic carbocycles. The van der Waals surface area contributed by atoms with E-state index >= 15 is 0 Å². The van der Waals surface area contributed by atoms with Gasteiger partial charge in [0.25, 0.3) is 0 Å². The number of hydrogen-bond donors (Lipinski definition) is 3. The van der Waals surface area contributed by atoms with Gasteiger partial charge in [-0.2, -0.15) is 0 Å². The van der Waals surface area contributed by atoms with Gasteiger partial charge in [0.05, 0.1) is 27.8 Å². The predicted molar refractivity (Wildman–Crippen MR) is 102 cm³/mol. The third kappa shape index (κ3) is 4.08. The summed E-state index contributed by atoms with van der Waals surface area (Å²) in [7, 11) is 1.27. The Morgan fingerprint density at radius 1 is 1.00 bits per heavy atom. The summed E-state index contributed by atoms with van der Waals surface area (Å²) in [6.07, 6.45) is -6.36. The smallest absolute Gasteiger partial charge is 0.186 e. The van der Waals surface area contributed by atoms with Gasteiger partial charge in [0.15, 0.2) is 6.29 Å². The Morgan fingerprint density at radius 2 is 1.68 bits per heavy atom. The molecule has 1 saturated heterocycles. The molecule has 0 aliphatic carbocycles.